The summed E-state index contributed by atoms with van der Waals surface area (Å²) in [4.78, 5) is 42.4. The first-order valence-corrected chi connectivity index (χ1v) is 11.2. The Morgan fingerprint density at radius 2 is 1.87 bits per heavy atom. The van der Waals surface area contributed by atoms with Gasteiger partial charge >= 0.3 is 0 Å². The van der Waals surface area contributed by atoms with Crippen LogP contribution in [0.1, 0.15) is 18.4 Å². The quantitative estimate of drug-likeness (QED) is 0.714. The van der Waals surface area contributed by atoms with Gasteiger partial charge in [0.1, 0.15) is 6.54 Å². The number of hydrogen-bond acceptors (Lipinski definition) is 4. The topological polar surface area (TPSA) is 83.7 Å². The normalized spacial score (nSPS) is 18.2. The van der Waals surface area contributed by atoms with Gasteiger partial charge in [-0.2, -0.15) is 0 Å². The highest BCUT2D eigenvalue weighted by Crippen LogP contribution is 2.42. The summed E-state index contributed by atoms with van der Waals surface area (Å²) >= 11 is 7.47. The van der Waals surface area contributed by atoms with Crippen LogP contribution in [0.5, 0.6) is 0 Å². The zero-order chi connectivity index (χ0) is 22.0. The van der Waals surface area contributed by atoms with Crippen LogP contribution in [0, 0.1) is 5.92 Å². The first kappa shape index (κ1) is 21.5. The second kappa shape index (κ2) is 9.16. The van der Waals surface area contributed by atoms with Gasteiger partial charge in [0, 0.05) is 28.9 Å². The van der Waals surface area contributed by atoms with E-state index < -0.39 is 0 Å². The van der Waals surface area contributed by atoms with Crippen LogP contribution in [-0.2, 0) is 14.4 Å². The molecule has 2 aromatic rings. The van der Waals surface area contributed by atoms with Gasteiger partial charge in [-0.3, -0.25) is 19.3 Å². The second-order valence-corrected chi connectivity index (χ2v) is 9.10. The van der Waals surface area contributed by atoms with Crippen LogP contribution in [0.3, 0.4) is 0 Å². The van der Waals surface area contributed by atoms with Gasteiger partial charge in [0.25, 0.3) is 5.91 Å². The molecule has 2 N–H and O–H groups in total. The first-order chi connectivity index (χ1) is 14.9. The van der Waals surface area contributed by atoms with E-state index in [0.717, 1.165) is 16.1 Å². The van der Waals surface area contributed by atoms with Gasteiger partial charge < -0.3 is 10.6 Å². The van der Waals surface area contributed by atoms with E-state index in [1.54, 1.807) is 23.1 Å². The summed E-state index contributed by atoms with van der Waals surface area (Å²) in [6.45, 7) is 0.886. The highest BCUT2D eigenvalue weighted by atomic mass is 35.5. The first-order valence-electron chi connectivity index (χ1n) is 10.1. The number of primary amides is 1. The number of amides is 3. The maximum absolute atomic E-state index is 13.3. The maximum Gasteiger partial charge on any atom is 0.265 e. The zero-order valence-corrected chi connectivity index (χ0v) is 18.4. The van der Waals surface area contributed by atoms with E-state index in [9.17, 15) is 14.4 Å². The lowest BCUT2D eigenvalue weighted by Crippen LogP contribution is -2.48. The Morgan fingerprint density at radius 3 is 2.58 bits per heavy atom. The van der Waals surface area contributed by atoms with Gasteiger partial charge in [0.15, 0.2) is 0 Å². The molecule has 0 aromatic heterocycles. The number of thioether (sulfide) groups is 1. The molecule has 31 heavy (non-hydrogen) atoms. The van der Waals surface area contributed by atoms with Crippen molar-refractivity contribution in [1.29, 1.82) is 0 Å². The maximum atomic E-state index is 13.3. The van der Waals surface area contributed by atoms with E-state index in [2.05, 4.69) is 0 Å². The fourth-order valence-corrected chi connectivity index (χ4v) is 5.07. The second-order valence-electron chi connectivity index (χ2n) is 7.58. The monoisotopic (exact) mass is 455 g/mol. The van der Waals surface area contributed by atoms with Gasteiger partial charge in [-0.15, -0.1) is 0 Å². The van der Waals surface area contributed by atoms with Crippen LogP contribution in [-0.4, -0.2) is 42.3 Å². The molecule has 0 bridgehead atoms. The molecule has 0 radical (unpaired) electrons. The summed E-state index contributed by atoms with van der Waals surface area (Å²) in [6, 6.07) is 14.8. The van der Waals surface area contributed by atoms with Gasteiger partial charge in [-0.1, -0.05) is 47.6 Å². The molecule has 2 aliphatic heterocycles. The molecule has 2 aromatic carbocycles. The van der Waals surface area contributed by atoms with E-state index in [0.29, 0.717) is 35.9 Å². The third kappa shape index (κ3) is 4.78. The predicted octanol–water partition coefficient (Wildman–Crippen LogP) is 3.54. The number of hydrogen-bond donors (Lipinski definition) is 1. The molecule has 0 spiro atoms. The molecule has 4 rings (SSSR count). The Balaban J connectivity index is 1.56. The van der Waals surface area contributed by atoms with Crippen molar-refractivity contribution in [2.75, 3.05) is 24.5 Å². The number of carbonyl (C=O) groups is 3. The van der Waals surface area contributed by atoms with E-state index in [1.807, 2.05) is 36.4 Å². The summed E-state index contributed by atoms with van der Waals surface area (Å²) in [5, 5.41) is 0.592. The number of benzene rings is 2. The van der Waals surface area contributed by atoms with Gasteiger partial charge in [0.05, 0.1) is 10.6 Å². The van der Waals surface area contributed by atoms with Crippen molar-refractivity contribution in [3.05, 3.63) is 64.0 Å². The summed E-state index contributed by atoms with van der Waals surface area (Å²) in [5.74, 6) is -0.866. The van der Waals surface area contributed by atoms with Crippen LogP contribution in [0.4, 0.5) is 5.69 Å². The molecule has 2 heterocycles. The molecule has 0 aliphatic carbocycles. The lowest BCUT2D eigenvalue weighted by molar-refractivity contribution is -0.134. The van der Waals surface area contributed by atoms with Crippen LogP contribution in [0.25, 0.3) is 6.08 Å². The van der Waals surface area contributed by atoms with E-state index in [4.69, 9.17) is 17.3 Å². The molecule has 0 atom stereocenters. The van der Waals surface area contributed by atoms with Crippen molar-refractivity contribution >= 4 is 52.8 Å². The van der Waals surface area contributed by atoms with Crippen LogP contribution in [0.2, 0.25) is 5.02 Å². The molecule has 6 nitrogen and oxygen atoms in total. The molecule has 0 saturated carbocycles. The van der Waals surface area contributed by atoms with Crippen LogP contribution in [0.15, 0.2) is 58.3 Å². The number of rotatable bonds is 4. The third-order valence-corrected chi connectivity index (χ3v) is 6.83. The Labute approximate surface area is 190 Å². The number of nitrogens with zero attached hydrogens (tertiary/aromatic N) is 2. The minimum Gasteiger partial charge on any atom is -0.369 e. The van der Waals surface area contributed by atoms with Gasteiger partial charge in [0.2, 0.25) is 11.8 Å². The summed E-state index contributed by atoms with van der Waals surface area (Å²) < 4.78 is 0. The van der Waals surface area contributed by atoms with Crippen LogP contribution >= 0.6 is 23.4 Å². The fourth-order valence-electron chi connectivity index (χ4n) is 3.82. The molecular formula is C23H22ClN3O3S. The minimum atomic E-state index is -0.319. The fraction of sp³-hybridized carbons (Fsp3) is 0.261. The highest BCUT2D eigenvalue weighted by Gasteiger charge is 2.33. The highest BCUT2D eigenvalue weighted by molar-refractivity contribution is 8.04. The Hall–Kier alpha value is -2.77. The zero-order valence-electron chi connectivity index (χ0n) is 16.8. The Morgan fingerprint density at radius 1 is 1.13 bits per heavy atom. The van der Waals surface area contributed by atoms with Crippen molar-refractivity contribution in [2.24, 2.45) is 11.7 Å². The number of para-hydroxylation sites is 1. The number of carbonyl (C=O) groups excluding carboxylic acids is 3. The van der Waals surface area contributed by atoms with Crippen molar-refractivity contribution < 1.29 is 14.4 Å². The minimum absolute atomic E-state index is 0.0511. The number of nitrogens with two attached hydrogens (primary N) is 1. The number of piperidine rings is 1. The van der Waals surface area contributed by atoms with Crippen LogP contribution < -0.4 is 10.6 Å². The largest absolute Gasteiger partial charge is 0.369 e. The van der Waals surface area contributed by atoms with E-state index in [1.165, 1.54) is 16.7 Å². The number of anilines is 1. The van der Waals surface area contributed by atoms with Gasteiger partial charge in [-0.25, -0.2) is 0 Å². The van der Waals surface area contributed by atoms with Gasteiger partial charge in [-0.05, 0) is 48.7 Å². The lowest BCUT2D eigenvalue weighted by atomic mass is 9.96. The van der Waals surface area contributed by atoms with Crippen molar-refractivity contribution in [3.63, 3.8) is 0 Å². The number of halogens is 1. The molecule has 8 heteroatoms. The standard InChI is InChI=1S/C23H22ClN3O3S/c24-17-5-3-4-15(12-17)13-20-23(30)27(18-6-1-2-7-19(18)31-20)14-21(28)26-10-8-16(9-11-26)22(25)29/h1-7,12-13,16H,8-11,14H2,(H2,25,29)/b20-13-. The van der Waals surface area contributed by atoms with E-state index in [-0.39, 0.29) is 30.2 Å². The summed E-state index contributed by atoms with van der Waals surface area (Å²) in [7, 11) is 0. The van der Waals surface area contributed by atoms with Crippen molar-refractivity contribution in [3.8, 4) is 0 Å². The molecule has 160 valence electrons. The predicted molar refractivity (Wildman–Crippen MR) is 123 cm³/mol. The Kier molecular flexibility index (Phi) is 6.34. The number of likely N-dealkylation sites (tertiary alicyclic amines) is 1. The molecule has 1 fully saturated rings. The van der Waals surface area contributed by atoms with Crippen molar-refractivity contribution in [1.82, 2.24) is 4.90 Å². The SMILES string of the molecule is NC(=O)C1CCN(C(=O)CN2C(=O)/C(=C/c3cccc(Cl)c3)Sc3ccccc32)CC1. The average molecular weight is 456 g/mol. The smallest absolute Gasteiger partial charge is 0.265 e. The summed E-state index contributed by atoms with van der Waals surface area (Å²) in [6.07, 6.45) is 2.91. The Bertz CT molecular complexity index is 1060. The van der Waals surface area contributed by atoms with E-state index >= 15 is 0 Å². The third-order valence-electron chi connectivity index (χ3n) is 5.52. The summed E-state index contributed by atoms with van der Waals surface area (Å²) in [5.41, 5.74) is 6.93. The molecular weight excluding hydrogens is 434 g/mol. The molecule has 2 aliphatic rings. The van der Waals surface area contributed by atoms with Crippen molar-refractivity contribution in [2.45, 2.75) is 17.7 Å². The molecule has 0 unspecified atom stereocenters. The number of fused-ring (bicyclic) bond motifs is 1. The lowest BCUT2D eigenvalue weighted by Gasteiger charge is -2.34. The molecule has 3 amide bonds. The molecule has 1 saturated heterocycles. The average Bonchev–Trinajstić information content (AvgIpc) is 2.76.